The second kappa shape index (κ2) is 9.32. The number of aromatic nitrogens is 2. The second-order valence-electron chi connectivity index (χ2n) is 7.87. The molecule has 0 bridgehead atoms. The quantitative estimate of drug-likeness (QED) is 0.264. The fraction of sp³-hybridized carbons (Fsp3) is 0.0833. The molecule has 0 amide bonds. The molecule has 192 valence electrons. The minimum atomic E-state index is -5.66. The average molecular weight is 553 g/mol. The summed E-state index contributed by atoms with van der Waals surface area (Å²) >= 11 is 0. The number of sulfone groups is 1. The van der Waals surface area contributed by atoms with Gasteiger partial charge in [0.15, 0.2) is 9.84 Å². The SMILES string of the molecule is CS(=O)(=O)c1ccc(-c2c(-c3ccccc3)c(F)c(-c3ccncn3)c(C(F)(F)F)c2S(=O)(=O)O)cc1. The van der Waals surface area contributed by atoms with E-state index in [4.69, 9.17) is 0 Å². The highest BCUT2D eigenvalue weighted by molar-refractivity contribution is 7.90. The van der Waals surface area contributed by atoms with Crippen molar-refractivity contribution in [2.24, 2.45) is 0 Å². The Labute approximate surface area is 209 Å². The smallest absolute Gasteiger partial charge is 0.282 e. The molecule has 0 aliphatic rings. The highest BCUT2D eigenvalue weighted by atomic mass is 32.2. The summed E-state index contributed by atoms with van der Waals surface area (Å²) < 4.78 is 119. The van der Waals surface area contributed by atoms with Crippen LogP contribution in [0.3, 0.4) is 0 Å². The van der Waals surface area contributed by atoms with Gasteiger partial charge in [-0.2, -0.15) is 21.6 Å². The van der Waals surface area contributed by atoms with E-state index < -0.39 is 64.8 Å². The maximum Gasteiger partial charge on any atom is 0.418 e. The van der Waals surface area contributed by atoms with Crippen molar-refractivity contribution < 1.29 is 39.0 Å². The molecule has 1 N–H and O–H groups in total. The van der Waals surface area contributed by atoms with Crippen LogP contribution in [0.15, 0.2) is 83.0 Å². The van der Waals surface area contributed by atoms with Crippen molar-refractivity contribution in [1.29, 1.82) is 0 Å². The normalized spacial score (nSPS) is 12.5. The number of rotatable bonds is 5. The van der Waals surface area contributed by atoms with Crippen LogP contribution in [0.2, 0.25) is 0 Å². The van der Waals surface area contributed by atoms with Crippen molar-refractivity contribution in [2.45, 2.75) is 16.0 Å². The molecular weight excluding hydrogens is 536 g/mol. The highest BCUT2D eigenvalue weighted by Gasteiger charge is 2.45. The molecule has 1 heterocycles. The Morgan fingerprint density at radius 1 is 0.811 bits per heavy atom. The van der Waals surface area contributed by atoms with Crippen LogP contribution in [0, 0.1) is 5.82 Å². The number of alkyl halides is 3. The molecule has 0 fully saturated rings. The van der Waals surface area contributed by atoms with Crippen molar-refractivity contribution in [1.82, 2.24) is 9.97 Å². The number of halogens is 4. The van der Waals surface area contributed by atoms with Crippen molar-refractivity contribution in [3.63, 3.8) is 0 Å². The van der Waals surface area contributed by atoms with E-state index in [2.05, 4.69) is 9.97 Å². The topological polar surface area (TPSA) is 114 Å². The summed E-state index contributed by atoms with van der Waals surface area (Å²) in [7, 11) is -9.38. The van der Waals surface area contributed by atoms with Crippen molar-refractivity contribution in [3.8, 4) is 33.5 Å². The zero-order valence-electron chi connectivity index (χ0n) is 18.7. The molecule has 0 radical (unpaired) electrons. The summed E-state index contributed by atoms with van der Waals surface area (Å²) in [5, 5.41) is 0. The molecule has 0 aliphatic carbocycles. The van der Waals surface area contributed by atoms with Crippen molar-refractivity contribution >= 4 is 20.0 Å². The van der Waals surface area contributed by atoms with E-state index in [1.165, 1.54) is 24.3 Å². The first-order valence-electron chi connectivity index (χ1n) is 10.3. The van der Waals surface area contributed by atoms with E-state index in [1.54, 1.807) is 6.07 Å². The zero-order chi connectivity index (χ0) is 27.2. The van der Waals surface area contributed by atoms with Crippen LogP contribution < -0.4 is 0 Å². The standard InChI is InChI=1S/C24H16F4N2O5S2/c1-36(31,32)16-9-7-15(8-10-16)19-18(14-5-3-2-4-6-14)22(25)20(17-11-12-29-13-30-17)21(24(26,27)28)23(19)37(33,34)35/h2-13H,1H3,(H,33,34,35). The van der Waals surface area contributed by atoms with E-state index in [9.17, 15) is 34.6 Å². The van der Waals surface area contributed by atoms with Crippen LogP contribution >= 0.6 is 0 Å². The first kappa shape index (κ1) is 26.4. The maximum absolute atomic E-state index is 16.3. The molecule has 4 aromatic rings. The lowest BCUT2D eigenvalue weighted by atomic mass is 9.87. The van der Waals surface area contributed by atoms with Crippen LogP contribution in [0.4, 0.5) is 17.6 Å². The summed E-state index contributed by atoms with van der Waals surface area (Å²) in [6.45, 7) is 0. The fourth-order valence-electron chi connectivity index (χ4n) is 3.92. The van der Waals surface area contributed by atoms with Gasteiger partial charge in [0, 0.05) is 23.6 Å². The van der Waals surface area contributed by atoms with Gasteiger partial charge in [-0.1, -0.05) is 42.5 Å². The average Bonchev–Trinajstić information content (AvgIpc) is 2.82. The Kier molecular flexibility index (Phi) is 6.65. The summed E-state index contributed by atoms with van der Waals surface area (Å²) in [6.07, 6.45) is -2.65. The molecule has 37 heavy (non-hydrogen) atoms. The van der Waals surface area contributed by atoms with E-state index in [0.717, 1.165) is 49.1 Å². The third-order valence-corrected chi connectivity index (χ3v) is 7.46. The van der Waals surface area contributed by atoms with Gasteiger partial charge in [0.25, 0.3) is 10.1 Å². The Morgan fingerprint density at radius 3 is 1.89 bits per heavy atom. The molecule has 0 saturated carbocycles. The van der Waals surface area contributed by atoms with Crippen LogP contribution in [0.25, 0.3) is 33.5 Å². The van der Waals surface area contributed by atoms with Gasteiger partial charge < -0.3 is 0 Å². The molecule has 0 atom stereocenters. The monoisotopic (exact) mass is 552 g/mol. The Morgan fingerprint density at radius 2 is 1.41 bits per heavy atom. The lowest BCUT2D eigenvalue weighted by Crippen LogP contribution is -2.19. The first-order valence-corrected chi connectivity index (χ1v) is 13.6. The largest absolute Gasteiger partial charge is 0.418 e. The summed E-state index contributed by atoms with van der Waals surface area (Å²) in [5.41, 5.74) is -5.38. The third-order valence-electron chi connectivity index (χ3n) is 5.41. The van der Waals surface area contributed by atoms with Gasteiger partial charge in [0.1, 0.15) is 17.0 Å². The lowest BCUT2D eigenvalue weighted by Gasteiger charge is -2.24. The molecule has 13 heteroatoms. The third kappa shape index (κ3) is 5.10. The Bertz CT molecular complexity index is 1690. The fourth-order valence-corrected chi connectivity index (χ4v) is 5.51. The summed E-state index contributed by atoms with van der Waals surface area (Å²) in [5.74, 6) is -1.45. The number of benzene rings is 3. The van der Waals surface area contributed by atoms with Gasteiger partial charge in [0.2, 0.25) is 0 Å². The van der Waals surface area contributed by atoms with Gasteiger partial charge in [-0.05, 0) is 29.3 Å². The molecule has 4 rings (SSSR count). The minimum Gasteiger partial charge on any atom is -0.282 e. The highest BCUT2D eigenvalue weighted by Crippen LogP contribution is 2.50. The molecule has 3 aromatic carbocycles. The Balaban J connectivity index is 2.30. The Hall–Kier alpha value is -3.68. The van der Waals surface area contributed by atoms with Crippen LogP contribution in [0.5, 0.6) is 0 Å². The molecule has 0 unspecified atom stereocenters. The van der Waals surface area contributed by atoms with Gasteiger partial charge in [0.05, 0.1) is 21.7 Å². The van der Waals surface area contributed by atoms with E-state index in [-0.39, 0.29) is 16.0 Å². The predicted molar refractivity (Wildman–Crippen MR) is 126 cm³/mol. The number of nitrogens with zero attached hydrogens (tertiary/aromatic N) is 2. The van der Waals surface area contributed by atoms with Crippen LogP contribution in [-0.4, -0.2) is 37.6 Å². The molecule has 0 saturated heterocycles. The van der Waals surface area contributed by atoms with Crippen molar-refractivity contribution in [2.75, 3.05) is 6.26 Å². The van der Waals surface area contributed by atoms with Crippen LogP contribution in [-0.2, 0) is 26.1 Å². The van der Waals surface area contributed by atoms with Gasteiger partial charge in [-0.3, -0.25) is 4.55 Å². The van der Waals surface area contributed by atoms with Crippen LogP contribution in [0.1, 0.15) is 5.56 Å². The van der Waals surface area contributed by atoms with E-state index >= 15 is 4.39 Å². The summed E-state index contributed by atoms with van der Waals surface area (Å²) in [4.78, 5) is 5.49. The molecular formula is C24H16F4N2O5S2. The molecule has 0 aliphatic heterocycles. The minimum absolute atomic E-state index is 0.00359. The van der Waals surface area contributed by atoms with Gasteiger partial charge in [-0.15, -0.1) is 0 Å². The summed E-state index contributed by atoms with van der Waals surface area (Å²) in [6, 6.07) is 12.3. The number of hydrogen-bond acceptors (Lipinski definition) is 6. The maximum atomic E-state index is 16.3. The van der Waals surface area contributed by atoms with Gasteiger partial charge in [-0.25, -0.2) is 22.8 Å². The molecule has 0 spiro atoms. The van der Waals surface area contributed by atoms with Gasteiger partial charge >= 0.3 is 6.18 Å². The van der Waals surface area contributed by atoms with E-state index in [0.29, 0.717) is 0 Å². The number of hydrogen-bond donors (Lipinski definition) is 1. The second-order valence-corrected chi connectivity index (χ2v) is 11.2. The molecule has 1 aromatic heterocycles. The molecule has 7 nitrogen and oxygen atoms in total. The lowest BCUT2D eigenvalue weighted by molar-refractivity contribution is -0.139. The van der Waals surface area contributed by atoms with E-state index in [1.807, 2.05) is 0 Å². The zero-order valence-corrected chi connectivity index (χ0v) is 20.4. The van der Waals surface area contributed by atoms with Crippen molar-refractivity contribution in [3.05, 3.63) is 84.6 Å². The first-order chi connectivity index (χ1) is 17.2. The predicted octanol–water partition coefficient (Wildman–Crippen LogP) is 5.29.